The number of carboxylic acids is 1. The predicted octanol–water partition coefficient (Wildman–Crippen LogP) is 3.05. The minimum Gasteiger partial charge on any atom is -0.485 e. The molecule has 1 aliphatic rings. The zero-order valence-corrected chi connectivity index (χ0v) is 10.5. The van der Waals surface area contributed by atoms with Gasteiger partial charge in [0.1, 0.15) is 11.9 Å². The lowest BCUT2D eigenvalue weighted by atomic mass is 10.1. The van der Waals surface area contributed by atoms with Crippen LogP contribution in [0.4, 0.5) is 0 Å². The number of ether oxygens (including phenoxy) is 1. The van der Waals surface area contributed by atoms with E-state index in [4.69, 9.17) is 21.4 Å². The Balaban J connectivity index is 2.31. The van der Waals surface area contributed by atoms with Gasteiger partial charge in [0.15, 0.2) is 0 Å². The first-order valence-corrected chi connectivity index (χ1v) is 5.73. The van der Waals surface area contributed by atoms with Crippen LogP contribution in [0, 0.1) is 0 Å². The number of carboxylic acid groups (broad SMARTS) is 1. The van der Waals surface area contributed by atoms with Crippen LogP contribution in [0.15, 0.2) is 28.8 Å². The van der Waals surface area contributed by atoms with Crippen LogP contribution in [0.1, 0.15) is 5.56 Å². The first-order chi connectivity index (χ1) is 7.49. The molecule has 84 valence electrons. The highest BCUT2D eigenvalue weighted by atomic mass is 79.9. The van der Waals surface area contributed by atoms with Crippen LogP contribution in [-0.4, -0.2) is 17.2 Å². The van der Waals surface area contributed by atoms with Gasteiger partial charge in [0.25, 0.3) is 0 Å². The zero-order chi connectivity index (χ0) is 11.9. The summed E-state index contributed by atoms with van der Waals surface area (Å²) in [4.78, 5) is 10.8. The SMILES string of the molecule is C=C(C(=O)O)C1Cc2c(Cl)cc(Br)cc2O1. The summed E-state index contributed by atoms with van der Waals surface area (Å²) in [5.74, 6) is -0.431. The first-order valence-electron chi connectivity index (χ1n) is 4.55. The Morgan fingerprint density at radius 1 is 1.62 bits per heavy atom. The second-order valence-electron chi connectivity index (χ2n) is 3.51. The molecule has 1 aliphatic heterocycles. The number of hydrogen-bond donors (Lipinski definition) is 1. The van der Waals surface area contributed by atoms with Crippen LogP contribution in [0.3, 0.4) is 0 Å². The van der Waals surface area contributed by atoms with E-state index in [0.29, 0.717) is 17.2 Å². The monoisotopic (exact) mass is 302 g/mol. The fourth-order valence-electron chi connectivity index (χ4n) is 1.60. The third-order valence-electron chi connectivity index (χ3n) is 2.44. The molecule has 1 atom stereocenters. The van der Waals surface area contributed by atoms with Gasteiger partial charge in [0.05, 0.1) is 5.57 Å². The molecule has 0 aliphatic carbocycles. The third-order valence-corrected chi connectivity index (χ3v) is 3.24. The quantitative estimate of drug-likeness (QED) is 0.854. The molecule has 0 saturated carbocycles. The van der Waals surface area contributed by atoms with E-state index in [9.17, 15) is 4.79 Å². The number of fused-ring (bicyclic) bond motifs is 1. The van der Waals surface area contributed by atoms with Gasteiger partial charge in [-0.15, -0.1) is 0 Å². The molecule has 1 heterocycles. The Kier molecular flexibility index (Phi) is 2.95. The molecule has 0 aromatic heterocycles. The highest BCUT2D eigenvalue weighted by Gasteiger charge is 2.30. The number of carbonyl (C=O) groups is 1. The molecule has 0 amide bonds. The van der Waals surface area contributed by atoms with E-state index >= 15 is 0 Å². The van der Waals surface area contributed by atoms with Gasteiger partial charge < -0.3 is 9.84 Å². The Morgan fingerprint density at radius 3 is 2.94 bits per heavy atom. The van der Waals surface area contributed by atoms with Crippen LogP contribution in [0.2, 0.25) is 5.02 Å². The molecule has 1 aromatic rings. The molecule has 0 radical (unpaired) electrons. The van der Waals surface area contributed by atoms with Crippen LogP contribution >= 0.6 is 27.5 Å². The molecular formula is C11H8BrClO3. The molecule has 16 heavy (non-hydrogen) atoms. The summed E-state index contributed by atoms with van der Waals surface area (Å²) in [6, 6.07) is 3.53. The third kappa shape index (κ3) is 1.95. The number of rotatable bonds is 2. The van der Waals surface area contributed by atoms with Crippen molar-refractivity contribution in [3.8, 4) is 5.75 Å². The van der Waals surface area contributed by atoms with Crippen molar-refractivity contribution in [2.75, 3.05) is 0 Å². The maximum absolute atomic E-state index is 10.8. The van der Waals surface area contributed by atoms with Crippen LogP contribution in [-0.2, 0) is 11.2 Å². The minimum absolute atomic E-state index is 0.0448. The summed E-state index contributed by atoms with van der Waals surface area (Å²) < 4.78 is 6.30. The summed E-state index contributed by atoms with van der Waals surface area (Å²) in [7, 11) is 0. The lowest BCUT2D eigenvalue weighted by molar-refractivity contribution is -0.133. The molecule has 1 N–H and O–H groups in total. The maximum atomic E-state index is 10.8. The summed E-state index contributed by atoms with van der Waals surface area (Å²) in [5.41, 5.74) is 0.876. The molecule has 0 saturated heterocycles. The molecular weight excluding hydrogens is 295 g/mol. The van der Waals surface area contributed by atoms with Crippen molar-refractivity contribution >= 4 is 33.5 Å². The van der Waals surface area contributed by atoms with Gasteiger partial charge in [-0.05, 0) is 12.1 Å². The largest absolute Gasteiger partial charge is 0.485 e. The van der Waals surface area contributed by atoms with E-state index in [0.717, 1.165) is 10.0 Å². The number of hydrogen-bond acceptors (Lipinski definition) is 2. The van der Waals surface area contributed by atoms with Crippen molar-refractivity contribution in [3.63, 3.8) is 0 Å². The van der Waals surface area contributed by atoms with Crippen molar-refractivity contribution in [1.29, 1.82) is 0 Å². The molecule has 3 nitrogen and oxygen atoms in total. The van der Waals surface area contributed by atoms with Crippen molar-refractivity contribution in [2.45, 2.75) is 12.5 Å². The van der Waals surface area contributed by atoms with Gasteiger partial charge in [0, 0.05) is 21.5 Å². The summed E-state index contributed by atoms with van der Waals surface area (Å²) >= 11 is 9.34. The molecule has 1 aromatic carbocycles. The molecule has 0 bridgehead atoms. The standard InChI is InChI=1S/C11H8BrClO3/c1-5(11(14)15)9-4-7-8(13)2-6(12)3-10(7)16-9/h2-3,9H,1,4H2,(H,14,15). The van der Waals surface area contributed by atoms with Gasteiger partial charge in [-0.2, -0.15) is 0 Å². The number of halogens is 2. The highest BCUT2D eigenvalue weighted by Crippen LogP contribution is 2.38. The Morgan fingerprint density at radius 2 is 2.31 bits per heavy atom. The number of aliphatic carboxylic acids is 1. The average Bonchev–Trinajstić information content (AvgIpc) is 2.60. The van der Waals surface area contributed by atoms with Crippen LogP contribution < -0.4 is 4.74 Å². The molecule has 0 spiro atoms. The molecule has 1 unspecified atom stereocenters. The zero-order valence-electron chi connectivity index (χ0n) is 8.17. The second-order valence-corrected chi connectivity index (χ2v) is 4.83. The van der Waals surface area contributed by atoms with Crippen molar-refractivity contribution in [3.05, 3.63) is 39.3 Å². The Labute approximate surface area is 106 Å². The molecule has 2 rings (SSSR count). The summed E-state index contributed by atoms with van der Waals surface area (Å²) in [5, 5.41) is 9.40. The summed E-state index contributed by atoms with van der Waals surface area (Å²) in [6.07, 6.45) is -0.0775. The number of benzene rings is 1. The fraction of sp³-hybridized carbons (Fsp3) is 0.182. The van der Waals surface area contributed by atoms with E-state index in [2.05, 4.69) is 22.5 Å². The molecule has 5 heteroatoms. The van der Waals surface area contributed by atoms with E-state index < -0.39 is 12.1 Å². The van der Waals surface area contributed by atoms with Crippen molar-refractivity contribution < 1.29 is 14.6 Å². The van der Waals surface area contributed by atoms with Crippen molar-refractivity contribution in [1.82, 2.24) is 0 Å². The van der Waals surface area contributed by atoms with Gasteiger partial charge >= 0.3 is 5.97 Å². The van der Waals surface area contributed by atoms with Gasteiger partial charge in [-0.25, -0.2) is 4.79 Å². The normalized spacial score (nSPS) is 17.8. The summed E-state index contributed by atoms with van der Waals surface area (Å²) in [6.45, 7) is 3.49. The van der Waals surface area contributed by atoms with Gasteiger partial charge in [-0.3, -0.25) is 0 Å². The lowest BCUT2D eigenvalue weighted by Gasteiger charge is -2.09. The smallest absolute Gasteiger partial charge is 0.334 e. The van der Waals surface area contributed by atoms with E-state index in [1.54, 1.807) is 12.1 Å². The van der Waals surface area contributed by atoms with E-state index in [-0.39, 0.29) is 5.57 Å². The lowest BCUT2D eigenvalue weighted by Crippen LogP contribution is -2.21. The Hall–Kier alpha value is -1.00. The molecule has 0 fully saturated rings. The van der Waals surface area contributed by atoms with E-state index in [1.165, 1.54) is 0 Å². The van der Waals surface area contributed by atoms with Crippen LogP contribution in [0.25, 0.3) is 0 Å². The fourth-order valence-corrected chi connectivity index (χ4v) is 2.45. The van der Waals surface area contributed by atoms with Crippen molar-refractivity contribution in [2.24, 2.45) is 0 Å². The van der Waals surface area contributed by atoms with Crippen LogP contribution in [0.5, 0.6) is 5.75 Å². The van der Waals surface area contributed by atoms with Gasteiger partial charge in [-0.1, -0.05) is 34.1 Å². The van der Waals surface area contributed by atoms with E-state index in [1.807, 2.05) is 0 Å². The highest BCUT2D eigenvalue weighted by molar-refractivity contribution is 9.10. The predicted molar refractivity (Wildman–Crippen MR) is 64.0 cm³/mol. The second kappa shape index (κ2) is 4.11. The topological polar surface area (TPSA) is 46.5 Å². The average molecular weight is 304 g/mol. The first kappa shape index (κ1) is 11.5. The maximum Gasteiger partial charge on any atom is 0.334 e. The van der Waals surface area contributed by atoms with Gasteiger partial charge in [0.2, 0.25) is 0 Å². The minimum atomic E-state index is -1.05. The Bertz CT molecular complexity index is 484.